The van der Waals surface area contributed by atoms with Gasteiger partial charge in [0.05, 0.1) is 21.5 Å². The minimum absolute atomic E-state index is 0.233. The molecule has 0 amide bonds. The smallest absolute Gasteiger partial charge is 0.335 e. The number of benzene rings is 4. The molecule has 46 heavy (non-hydrogen) atoms. The molecule has 9 heteroatoms. The van der Waals surface area contributed by atoms with Gasteiger partial charge in [0.1, 0.15) is 29.2 Å². The van der Waals surface area contributed by atoms with Gasteiger partial charge in [0, 0.05) is 22.2 Å². The number of rotatable bonds is 9. The number of carbonyl (C=O) groups is 1. The van der Waals surface area contributed by atoms with Crippen LogP contribution in [0.25, 0.3) is 33.5 Å². The molecule has 0 saturated heterocycles. The molecule has 1 unspecified atom stereocenters. The molecule has 0 spiro atoms. The Kier molecular flexibility index (Phi) is 9.32. The summed E-state index contributed by atoms with van der Waals surface area (Å²) in [6.45, 7) is 6.23. The third-order valence-corrected chi connectivity index (χ3v) is 9.96. The third-order valence-electron chi connectivity index (χ3n) is 8.23. The summed E-state index contributed by atoms with van der Waals surface area (Å²) in [7, 11) is -1.39. The van der Waals surface area contributed by atoms with Crippen LogP contribution < -0.4 is 9.46 Å². The maximum absolute atomic E-state index is 13.1. The Morgan fingerprint density at radius 1 is 0.957 bits per heavy atom. The summed E-state index contributed by atoms with van der Waals surface area (Å²) in [4.78, 5) is 17.3. The van der Waals surface area contributed by atoms with Crippen LogP contribution in [0.4, 0.5) is 0 Å². The second kappa shape index (κ2) is 13.4. The molecule has 1 aliphatic rings. The van der Waals surface area contributed by atoms with Gasteiger partial charge in [-0.1, -0.05) is 49.1 Å². The maximum Gasteiger partial charge on any atom is 0.335 e. The lowest BCUT2D eigenvalue weighted by Crippen LogP contribution is -2.37. The van der Waals surface area contributed by atoms with Crippen molar-refractivity contribution in [1.29, 1.82) is 0 Å². The van der Waals surface area contributed by atoms with E-state index in [1.54, 1.807) is 12.1 Å². The average molecular weight is 656 g/mol. The molecule has 1 aromatic heterocycles. The van der Waals surface area contributed by atoms with Crippen molar-refractivity contribution >= 4 is 39.6 Å². The average Bonchev–Trinajstić information content (AvgIpc) is 3.43. The van der Waals surface area contributed by atoms with Gasteiger partial charge < -0.3 is 14.4 Å². The first-order valence-corrected chi connectivity index (χ1v) is 17.2. The second-order valence-electron chi connectivity index (χ2n) is 12.9. The molecule has 2 N–H and O–H groups in total. The van der Waals surface area contributed by atoms with Crippen LogP contribution in [0.5, 0.6) is 5.75 Å². The largest absolute Gasteiger partial charge is 0.489 e. The first-order valence-electron chi connectivity index (χ1n) is 15.6. The van der Waals surface area contributed by atoms with E-state index in [1.165, 1.54) is 19.3 Å². The number of nitrogens with one attached hydrogen (secondary N) is 1. The number of ether oxygens (including phenoxy) is 1. The van der Waals surface area contributed by atoms with Crippen molar-refractivity contribution in [3.05, 3.63) is 101 Å². The molecule has 5 aromatic rings. The van der Waals surface area contributed by atoms with Crippen molar-refractivity contribution < 1.29 is 18.8 Å². The zero-order chi connectivity index (χ0) is 32.4. The van der Waals surface area contributed by atoms with Crippen LogP contribution in [0.2, 0.25) is 5.02 Å². The molecular weight excluding hydrogens is 618 g/mol. The van der Waals surface area contributed by atoms with Crippen molar-refractivity contribution in [2.24, 2.45) is 0 Å². The van der Waals surface area contributed by atoms with E-state index in [2.05, 4.69) is 9.29 Å². The second-order valence-corrected chi connectivity index (χ2v) is 14.5. The molecule has 7 nitrogen and oxygen atoms in total. The summed E-state index contributed by atoms with van der Waals surface area (Å²) in [6.07, 6.45) is 5.72. The Hall–Kier alpha value is -3.98. The highest BCUT2D eigenvalue weighted by molar-refractivity contribution is 7.83. The topological polar surface area (TPSA) is 93.4 Å². The first kappa shape index (κ1) is 32.0. The number of carboxylic acids is 1. The minimum atomic E-state index is -1.39. The van der Waals surface area contributed by atoms with E-state index in [0.29, 0.717) is 27.2 Å². The van der Waals surface area contributed by atoms with Gasteiger partial charge in [-0.15, -0.1) is 0 Å². The van der Waals surface area contributed by atoms with Crippen LogP contribution in [0.3, 0.4) is 0 Å². The fourth-order valence-corrected chi connectivity index (χ4v) is 7.30. The Morgan fingerprint density at radius 3 is 2.33 bits per heavy atom. The lowest BCUT2D eigenvalue weighted by Gasteiger charge is -2.25. The van der Waals surface area contributed by atoms with Gasteiger partial charge in [-0.2, -0.15) is 0 Å². The van der Waals surface area contributed by atoms with E-state index in [1.807, 2.05) is 93.6 Å². The number of nitrogens with zero attached hydrogens (tertiary/aromatic N) is 2. The summed E-state index contributed by atoms with van der Waals surface area (Å²) in [5, 5.41) is 10.2. The van der Waals surface area contributed by atoms with Gasteiger partial charge in [0.25, 0.3) is 0 Å². The first-order chi connectivity index (χ1) is 22.1. The zero-order valence-corrected chi connectivity index (χ0v) is 27.8. The van der Waals surface area contributed by atoms with E-state index in [0.717, 1.165) is 46.4 Å². The molecule has 1 fully saturated rings. The zero-order valence-electron chi connectivity index (χ0n) is 26.3. The number of hydrogen-bond donors (Lipinski definition) is 2. The van der Waals surface area contributed by atoms with E-state index in [4.69, 9.17) is 21.3 Å². The number of imidazole rings is 1. The molecule has 1 aliphatic carbocycles. The van der Waals surface area contributed by atoms with Gasteiger partial charge in [-0.3, -0.25) is 0 Å². The number of aromatic carboxylic acids is 1. The van der Waals surface area contributed by atoms with Crippen molar-refractivity contribution in [1.82, 2.24) is 14.3 Å². The third kappa shape index (κ3) is 7.20. The number of halogens is 1. The van der Waals surface area contributed by atoms with Crippen molar-refractivity contribution in [2.75, 3.05) is 0 Å². The molecule has 238 valence electrons. The van der Waals surface area contributed by atoms with Crippen molar-refractivity contribution in [3.63, 3.8) is 0 Å². The lowest BCUT2D eigenvalue weighted by atomic mass is 9.95. The highest BCUT2D eigenvalue weighted by atomic mass is 35.5. The quantitative estimate of drug-likeness (QED) is 0.165. The van der Waals surface area contributed by atoms with Gasteiger partial charge in [-0.25, -0.2) is 18.7 Å². The summed E-state index contributed by atoms with van der Waals surface area (Å²) >= 11 is 6.16. The molecule has 1 atom stereocenters. The molecule has 0 aliphatic heterocycles. The fourth-order valence-electron chi connectivity index (χ4n) is 6.06. The van der Waals surface area contributed by atoms with Gasteiger partial charge >= 0.3 is 5.97 Å². The molecule has 0 radical (unpaired) electrons. The maximum atomic E-state index is 13.1. The molecule has 1 heterocycles. The monoisotopic (exact) mass is 655 g/mol. The summed E-state index contributed by atoms with van der Waals surface area (Å²) in [5.74, 6) is 0.569. The Labute approximate surface area is 277 Å². The van der Waals surface area contributed by atoms with Crippen LogP contribution in [-0.2, 0) is 17.6 Å². The Morgan fingerprint density at radius 2 is 1.65 bits per heavy atom. The van der Waals surface area contributed by atoms with Crippen LogP contribution in [-0.4, -0.2) is 30.4 Å². The van der Waals surface area contributed by atoms with Gasteiger partial charge in [-0.05, 0) is 117 Å². The number of aromatic nitrogens is 2. The van der Waals surface area contributed by atoms with Crippen molar-refractivity contribution in [3.8, 4) is 28.3 Å². The fraction of sp³-hybridized carbons (Fsp3) is 0.297. The van der Waals surface area contributed by atoms with Gasteiger partial charge in [0.2, 0.25) is 0 Å². The SMILES string of the molecule is CC(C)(C)NS(=O)c1ccc(-c2ccc(Cl)cc2)c(COc2ccc(-c3nc4cc(C(=O)O)ccc4n3C3CCCCC3)cc2)c1. The Balaban J connectivity index is 1.29. The minimum Gasteiger partial charge on any atom is -0.489 e. The summed E-state index contributed by atoms with van der Waals surface area (Å²) < 4.78 is 24.9. The summed E-state index contributed by atoms with van der Waals surface area (Å²) in [5.41, 5.74) is 5.39. The molecule has 4 aromatic carbocycles. The number of carboxylic acid groups (broad SMARTS) is 1. The highest BCUT2D eigenvalue weighted by Gasteiger charge is 2.23. The van der Waals surface area contributed by atoms with E-state index in [9.17, 15) is 14.1 Å². The summed E-state index contributed by atoms with van der Waals surface area (Å²) in [6, 6.07) is 26.9. The van der Waals surface area contributed by atoms with Crippen LogP contribution in [0.15, 0.2) is 89.8 Å². The predicted molar refractivity (Wildman–Crippen MR) is 185 cm³/mol. The van der Waals surface area contributed by atoms with Crippen LogP contribution in [0.1, 0.15) is 74.8 Å². The highest BCUT2D eigenvalue weighted by Crippen LogP contribution is 2.37. The van der Waals surface area contributed by atoms with Gasteiger partial charge in [0.15, 0.2) is 0 Å². The molecular formula is C37H38ClN3O4S. The van der Waals surface area contributed by atoms with Crippen molar-refractivity contribution in [2.45, 2.75) is 76.0 Å². The molecule has 0 bridgehead atoms. The molecule has 6 rings (SSSR count). The van der Waals surface area contributed by atoms with E-state index in [-0.39, 0.29) is 17.7 Å². The Bertz CT molecular complexity index is 1890. The van der Waals surface area contributed by atoms with E-state index >= 15 is 0 Å². The number of hydrogen-bond acceptors (Lipinski definition) is 4. The number of fused-ring (bicyclic) bond motifs is 1. The predicted octanol–water partition coefficient (Wildman–Crippen LogP) is 9.22. The standard InChI is InChI=1S/C37H38ClN3O4S/c1-37(2,3)40-46(44)31-18-19-32(24-9-14-28(38)15-10-24)27(21-31)23-45-30-16-11-25(12-17-30)35-39-33-22-26(36(42)43)13-20-34(33)41(35)29-7-5-4-6-8-29/h9-22,29,40H,4-8,23H2,1-3H3,(H,42,43). The molecule has 1 saturated carbocycles. The van der Waals surface area contributed by atoms with E-state index < -0.39 is 17.0 Å². The van der Waals surface area contributed by atoms with Crippen LogP contribution >= 0.6 is 11.6 Å². The van der Waals surface area contributed by atoms with Crippen LogP contribution in [0, 0.1) is 0 Å². The normalized spacial score (nSPS) is 14.8. The lowest BCUT2D eigenvalue weighted by molar-refractivity contribution is 0.0697.